The number of ether oxygens (including phenoxy) is 4. The Labute approximate surface area is 330 Å². The molecule has 0 aliphatic carbocycles. The number of piperidine rings is 1. The number of nitrogens with zero attached hydrogens (tertiary/aromatic N) is 1. The van der Waals surface area contributed by atoms with Gasteiger partial charge in [-0.1, -0.05) is 42.5 Å². The fourth-order valence-electron chi connectivity index (χ4n) is 6.04. The van der Waals surface area contributed by atoms with Crippen LogP contribution in [0.15, 0.2) is 54.6 Å². The number of halogens is 6. The van der Waals surface area contributed by atoms with Gasteiger partial charge in [0.2, 0.25) is 5.91 Å². The molecular weight excluding hydrogens is 786 g/mol. The summed E-state index contributed by atoms with van der Waals surface area (Å²) in [6, 6.07) is 13.4. The number of amides is 2. The number of hydrogen-bond donors (Lipinski definition) is 4. The van der Waals surface area contributed by atoms with Crippen molar-refractivity contribution in [1.29, 1.82) is 0 Å². The lowest BCUT2D eigenvalue weighted by atomic mass is 9.96. The highest BCUT2D eigenvalue weighted by atomic mass is 19.4. The predicted molar refractivity (Wildman–Crippen MR) is 193 cm³/mol. The van der Waals surface area contributed by atoms with E-state index in [1.807, 2.05) is 0 Å². The lowest BCUT2D eigenvalue weighted by molar-refractivity contribution is -0.239. The highest BCUT2D eigenvalue weighted by Crippen LogP contribution is 2.30. The molecule has 1 saturated heterocycles. The Kier molecular flexibility index (Phi) is 18.2. The molecular formula is C38H48F6N4O10. The van der Waals surface area contributed by atoms with Crippen LogP contribution in [0.3, 0.4) is 0 Å². The highest BCUT2D eigenvalue weighted by Gasteiger charge is 2.59. The van der Waals surface area contributed by atoms with Gasteiger partial charge in [0, 0.05) is 32.6 Å². The maximum absolute atomic E-state index is 14.6. The van der Waals surface area contributed by atoms with Crippen molar-refractivity contribution in [3.05, 3.63) is 65.7 Å². The Balaban J connectivity index is 2.13. The van der Waals surface area contributed by atoms with Gasteiger partial charge in [0.1, 0.15) is 5.75 Å². The summed E-state index contributed by atoms with van der Waals surface area (Å²) in [6.07, 6.45) is -16.9. The standard InChI is InChI=1S/C38H48F6N4O10/c1-3-56-32(51)16-11-17-46-36(58-35(54)38(42,43)44,30(57-34(53)37(39,40)41)22-31(50)48-18-8-5-9-19-48)33(52)47-28(21-25-12-6-4-7-13-25)29(49)24-45-23-26-14-10-15-27(20-26)55-2/h4,6-7,10,12-15,20,28-30,45-46,49H,3,5,8-9,11,16-19,21-24H2,1-2H3,(H,47,52)/t28-,29+,30?,36+/m0/s1. The van der Waals surface area contributed by atoms with E-state index in [0.29, 0.717) is 36.1 Å². The average molecular weight is 835 g/mol. The summed E-state index contributed by atoms with van der Waals surface area (Å²) in [5.41, 5.74) is -2.52. The molecule has 1 heterocycles. The van der Waals surface area contributed by atoms with Crippen molar-refractivity contribution in [2.45, 2.75) is 94.7 Å². The Morgan fingerprint density at radius 2 is 1.53 bits per heavy atom. The van der Waals surface area contributed by atoms with Crippen molar-refractivity contribution in [1.82, 2.24) is 20.9 Å². The molecule has 3 rings (SSSR count). The first-order chi connectivity index (χ1) is 27.4. The number of aliphatic hydroxyl groups is 1. The smallest absolute Gasteiger partial charge is 0.491 e. The zero-order valence-electron chi connectivity index (χ0n) is 32.0. The third-order valence-electron chi connectivity index (χ3n) is 8.97. The largest absolute Gasteiger partial charge is 0.497 e. The molecule has 1 aliphatic rings. The van der Waals surface area contributed by atoms with Crippen LogP contribution in [0.2, 0.25) is 0 Å². The first-order valence-corrected chi connectivity index (χ1v) is 18.5. The molecule has 0 aromatic heterocycles. The second kappa shape index (κ2) is 22.3. The van der Waals surface area contributed by atoms with E-state index in [-0.39, 0.29) is 45.6 Å². The van der Waals surface area contributed by atoms with Crippen molar-refractivity contribution >= 4 is 29.7 Å². The SMILES string of the molecule is CCOC(=O)CCCN[C@](OC(=O)C(F)(F)F)(C(=O)N[C@@H](Cc1ccccc1)[C@H](O)CNCc1cccc(OC)c1)C(CC(=O)N1CCCCC1)OC(=O)C(F)(F)F. The van der Waals surface area contributed by atoms with E-state index < -0.39 is 85.4 Å². The van der Waals surface area contributed by atoms with E-state index in [2.05, 4.69) is 20.7 Å². The molecule has 0 radical (unpaired) electrons. The van der Waals surface area contributed by atoms with E-state index in [0.717, 1.165) is 4.90 Å². The molecule has 20 heteroatoms. The maximum Gasteiger partial charge on any atom is 0.491 e. The van der Waals surface area contributed by atoms with Gasteiger partial charge in [0.15, 0.2) is 6.10 Å². The second-order valence-electron chi connectivity index (χ2n) is 13.3. The molecule has 1 unspecified atom stereocenters. The molecule has 4 N–H and O–H groups in total. The van der Waals surface area contributed by atoms with E-state index in [1.54, 1.807) is 54.6 Å². The number of carbonyl (C=O) groups is 5. The number of alkyl halides is 6. The van der Waals surface area contributed by atoms with Crippen LogP contribution in [0.25, 0.3) is 0 Å². The van der Waals surface area contributed by atoms with Crippen LogP contribution >= 0.6 is 0 Å². The second-order valence-corrected chi connectivity index (χ2v) is 13.3. The van der Waals surface area contributed by atoms with Crippen LogP contribution in [0, 0.1) is 0 Å². The Bertz CT molecular complexity index is 1660. The Hall–Kier alpha value is -4.95. The van der Waals surface area contributed by atoms with Crippen LogP contribution in [0.5, 0.6) is 5.75 Å². The zero-order chi connectivity index (χ0) is 42.9. The number of aliphatic hydroxyl groups excluding tert-OH is 1. The number of benzene rings is 2. The number of esters is 3. The maximum atomic E-state index is 14.6. The molecule has 1 fully saturated rings. The van der Waals surface area contributed by atoms with Crippen molar-refractivity contribution in [2.24, 2.45) is 0 Å². The van der Waals surface area contributed by atoms with Gasteiger partial charge in [-0.05, 0) is 68.8 Å². The Morgan fingerprint density at radius 3 is 2.16 bits per heavy atom. The van der Waals surface area contributed by atoms with Crippen molar-refractivity contribution in [3.63, 3.8) is 0 Å². The summed E-state index contributed by atoms with van der Waals surface area (Å²) in [4.78, 5) is 66.4. The van der Waals surface area contributed by atoms with Gasteiger partial charge in [-0.3, -0.25) is 19.7 Å². The summed E-state index contributed by atoms with van der Waals surface area (Å²) >= 11 is 0. The van der Waals surface area contributed by atoms with Crippen molar-refractivity contribution < 1.29 is 74.4 Å². The number of rotatable bonds is 21. The van der Waals surface area contributed by atoms with Gasteiger partial charge >= 0.3 is 30.3 Å². The minimum Gasteiger partial charge on any atom is -0.497 e. The normalized spacial score (nSPS) is 15.9. The Morgan fingerprint density at radius 1 is 0.879 bits per heavy atom. The van der Waals surface area contributed by atoms with Gasteiger partial charge < -0.3 is 39.6 Å². The molecule has 14 nitrogen and oxygen atoms in total. The van der Waals surface area contributed by atoms with Crippen LogP contribution in [-0.2, 0) is 51.1 Å². The van der Waals surface area contributed by atoms with Gasteiger partial charge in [0.25, 0.3) is 11.6 Å². The van der Waals surface area contributed by atoms with E-state index in [9.17, 15) is 55.4 Å². The molecule has 2 amide bonds. The predicted octanol–water partition coefficient (Wildman–Crippen LogP) is 3.48. The lowest BCUT2D eigenvalue weighted by Crippen LogP contribution is -2.70. The molecule has 58 heavy (non-hydrogen) atoms. The first-order valence-electron chi connectivity index (χ1n) is 18.5. The van der Waals surface area contributed by atoms with E-state index >= 15 is 0 Å². The quantitative estimate of drug-likeness (QED) is 0.0474. The monoisotopic (exact) mass is 834 g/mol. The number of likely N-dealkylation sites (tertiary alicyclic amines) is 1. The summed E-state index contributed by atoms with van der Waals surface area (Å²) in [5, 5.41) is 18.9. The van der Waals surface area contributed by atoms with Gasteiger partial charge in [-0.15, -0.1) is 0 Å². The first kappa shape index (κ1) is 47.4. The molecule has 0 bridgehead atoms. The van der Waals surface area contributed by atoms with E-state index in [4.69, 9.17) is 14.2 Å². The minimum absolute atomic E-state index is 0.0462. The van der Waals surface area contributed by atoms with Crippen LogP contribution in [0.4, 0.5) is 26.3 Å². The van der Waals surface area contributed by atoms with E-state index in [1.165, 1.54) is 14.0 Å². The van der Waals surface area contributed by atoms with Crippen molar-refractivity contribution in [2.75, 3.05) is 39.9 Å². The van der Waals surface area contributed by atoms with Crippen molar-refractivity contribution in [3.8, 4) is 5.75 Å². The molecule has 1 aliphatic heterocycles. The zero-order valence-corrected chi connectivity index (χ0v) is 32.0. The molecule has 0 spiro atoms. The number of hydrogen-bond acceptors (Lipinski definition) is 12. The third-order valence-corrected chi connectivity index (χ3v) is 8.97. The summed E-state index contributed by atoms with van der Waals surface area (Å²) in [7, 11) is 1.46. The van der Waals surface area contributed by atoms with Gasteiger partial charge in [0.05, 0.1) is 32.3 Å². The number of nitrogens with one attached hydrogen (secondary N) is 3. The third kappa shape index (κ3) is 14.8. The summed E-state index contributed by atoms with van der Waals surface area (Å²) in [6.45, 7) is 0.762. The van der Waals surface area contributed by atoms with Crippen LogP contribution in [-0.4, -0.2) is 116 Å². The van der Waals surface area contributed by atoms with Crippen LogP contribution in [0.1, 0.15) is 56.6 Å². The molecule has 2 aromatic rings. The lowest BCUT2D eigenvalue weighted by Gasteiger charge is -2.40. The summed E-state index contributed by atoms with van der Waals surface area (Å²) < 4.78 is 103. The van der Waals surface area contributed by atoms with Gasteiger partial charge in [-0.25, -0.2) is 9.59 Å². The fourth-order valence-corrected chi connectivity index (χ4v) is 6.04. The average Bonchev–Trinajstić information content (AvgIpc) is 3.18. The van der Waals surface area contributed by atoms with Crippen LogP contribution < -0.4 is 20.7 Å². The van der Waals surface area contributed by atoms with Gasteiger partial charge in [-0.2, -0.15) is 26.3 Å². The fraction of sp³-hybridized carbons (Fsp3) is 0.553. The highest BCUT2D eigenvalue weighted by molar-refractivity contribution is 5.91. The topological polar surface area (TPSA) is 182 Å². The molecule has 4 atom stereocenters. The number of methoxy groups -OCH3 is 1. The molecule has 0 saturated carbocycles. The minimum atomic E-state index is -5.87. The summed E-state index contributed by atoms with van der Waals surface area (Å²) in [5.74, 6) is -9.21. The molecule has 322 valence electrons. The molecule has 2 aromatic carbocycles. The number of carbonyl (C=O) groups excluding carboxylic acids is 5.